The number of para-hydroxylation sites is 1. The van der Waals surface area contributed by atoms with E-state index in [2.05, 4.69) is 4.98 Å². The summed E-state index contributed by atoms with van der Waals surface area (Å²) in [6.45, 7) is 2.29. The van der Waals surface area contributed by atoms with Gasteiger partial charge in [-0.3, -0.25) is 9.69 Å². The summed E-state index contributed by atoms with van der Waals surface area (Å²) in [5, 5.41) is 2.59. The van der Waals surface area contributed by atoms with E-state index in [9.17, 15) is 9.18 Å². The topological polar surface area (TPSA) is 42.4 Å². The Hall–Kier alpha value is -2.73. The average Bonchev–Trinajstić information content (AvgIpc) is 3.07. The Morgan fingerprint density at radius 3 is 2.54 bits per heavy atom. The van der Waals surface area contributed by atoms with Gasteiger partial charge >= 0.3 is 0 Å². The average molecular weight is 370 g/mol. The molecular formula is C20H19FN2O2S. The van der Waals surface area contributed by atoms with Crippen molar-refractivity contribution in [3.63, 3.8) is 0 Å². The standard InChI is InChI=1S/C20H19FN2O2S/c1-15-14-26-20(22-15)23(17-6-3-2-4-7-17)19(24)8-5-13-25-18-11-9-16(21)10-12-18/h2-4,6-7,9-12,14H,5,8,13H2,1H3. The maximum absolute atomic E-state index is 12.9. The van der Waals surface area contributed by atoms with Gasteiger partial charge in [-0.15, -0.1) is 11.3 Å². The largest absolute Gasteiger partial charge is 0.494 e. The number of anilines is 2. The molecule has 134 valence electrons. The number of carbonyl (C=O) groups is 1. The van der Waals surface area contributed by atoms with Crippen LogP contribution in [-0.4, -0.2) is 17.5 Å². The van der Waals surface area contributed by atoms with Gasteiger partial charge in [-0.1, -0.05) is 18.2 Å². The summed E-state index contributed by atoms with van der Waals surface area (Å²) in [6, 6.07) is 15.3. The van der Waals surface area contributed by atoms with E-state index < -0.39 is 0 Å². The van der Waals surface area contributed by atoms with E-state index in [4.69, 9.17) is 4.74 Å². The van der Waals surface area contributed by atoms with Crippen LogP contribution < -0.4 is 9.64 Å². The second-order valence-electron chi connectivity index (χ2n) is 5.74. The van der Waals surface area contributed by atoms with Crippen molar-refractivity contribution >= 4 is 28.1 Å². The van der Waals surface area contributed by atoms with Gasteiger partial charge in [0.1, 0.15) is 11.6 Å². The molecule has 0 radical (unpaired) electrons. The van der Waals surface area contributed by atoms with E-state index in [0.717, 1.165) is 11.4 Å². The lowest BCUT2D eigenvalue weighted by Gasteiger charge is -2.20. The predicted molar refractivity (Wildman–Crippen MR) is 102 cm³/mol. The molecule has 1 amide bonds. The van der Waals surface area contributed by atoms with Crippen LogP contribution in [0.5, 0.6) is 5.75 Å². The van der Waals surface area contributed by atoms with E-state index in [0.29, 0.717) is 30.3 Å². The van der Waals surface area contributed by atoms with Gasteiger partial charge in [-0.05, 0) is 49.7 Å². The van der Waals surface area contributed by atoms with Gasteiger partial charge in [0.25, 0.3) is 0 Å². The van der Waals surface area contributed by atoms with Gasteiger partial charge < -0.3 is 4.74 Å². The van der Waals surface area contributed by atoms with Crippen LogP contribution in [-0.2, 0) is 4.79 Å². The minimum Gasteiger partial charge on any atom is -0.494 e. The highest BCUT2D eigenvalue weighted by Crippen LogP contribution is 2.29. The second kappa shape index (κ2) is 8.58. The predicted octanol–water partition coefficient (Wildman–Crippen LogP) is 5.11. The summed E-state index contributed by atoms with van der Waals surface area (Å²) < 4.78 is 18.4. The number of rotatable bonds is 7. The van der Waals surface area contributed by atoms with Crippen molar-refractivity contribution < 1.29 is 13.9 Å². The summed E-state index contributed by atoms with van der Waals surface area (Å²) >= 11 is 1.45. The number of carbonyl (C=O) groups excluding carboxylic acids is 1. The van der Waals surface area contributed by atoms with E-state index in [1.165, 1.54) is 23.5 Å². The summed E-state index contributed by atoms with van der Waals surface area (Å²) in [4.78, 5) is 18.9. The minimum absolute atomic E-state index is 0.0340. The first-order chi connectivity index (χ1) is 12.6. The van der Waals surface area contributed by atoms with Crippen LogP contribution >= 0.6 is 11.3 Å². The van der Waals surface area contributed by atoms with Crippen LogP contribution in [0.2, 0.25) is 0 Å². The Bertz CT molecular complexity index is 850. The van der Waals surface area contributed by atoms with Crippen molar-refractivity contribution in [2.75, 3.05) is 11.5 Å². The second-order valence-corrected chi connectivity index (χ2v) is 6.58. The third kappa shape index (κ3) is 4.67. The molecule has 0 aliphatic carbocycles. The normalized spacial score (nSPS) is 10.5. The fraction of sp³-hybridized carbons (Fsp3) is 0.200. The number of thiazole rings is 1. The van der Waals surface area contributed by atoms with Crippen molar-refractivity contribution in [3.8, 4) is 5.75 Å². The van der Waals surface area contributed by atoms with Crippen LogP contribution in [0.1, 0.15) is 18.5 Å². The van der Waals surface area contributed by atoms with Crippen molar-refractivity contribution in [1.82, 2.24) is 4.98 Å². The van der Waals surface area contributed by atoms with Crippen LogP contribution in [0.15, 0.2) is 60.0 Å². The summed E-state index contributed by atoms with van der Waals surface area (Å²) in [5.74, 6) is 0.257. The number of hydrogen-bond acceptors (Lipinski definition) is 4. The molecule has 0 atom stereocenters. The Labute approximate surface area is 155 Å². The molecule has 6 heteroatoms. The molecule has 0 spiro atoms. The number of nitrogens with zero attached hydrogens (tertiary/aromatic N) is 2. The molecule has 0 bridgehead atoms. The molecule has 0 N–H and O–H groups in total. The molecule has 26 heavy (non-hydrogen) atoms. The van der Waals surface area contributed by atoms with E-state index in [-0.39, 0.29) is 11.7 Å². The number of benzene rings is 2. The van der Waals surface area contributed by atoms with Crippen molar-refractivity contribution in [3.05, 3.63) is 71.5 Å². The first kappa shape index (κ1) is 18.1. The molecule has 0 aliphatic rings. The molecule has 3 rings (SSSR count). The monoisotopic (exact) mass is 370 g/mol. The van der Waals surface area contributed by atoms with Gasteiger partial charge in [0, 0.05) is 11.8 Å². The summed E-state index contributed by atoms with van der Waals surface area (Å²) in [7, 11) is 0. The Balaban J connectivity index is 1.61. The highest BCUT2D eigenvalue weighted by molar-refractivity contribution is 7.14. The highest BCUT2D eigenvalue weighted by atomic mass is 32.1. The first-order valence-corrected chi connectivity index (χ1v) is 9.20. The molecule has 3 aromatic rings. The minimum atomic E-state index is -0.301. The molecule has 4 nitrogen and oxygen atoms in total. The number of aryl methyl sites for hydroxylation is 1. The fourth-order valence-corrected chi connectivity index (χ4v) is 3.28. The lowest BCUT2D eigenvalue weighted by molar-refractivity contribution is -0.118. The Kier molecular flexibility index (Phi) is 5.96. The Morgan fingerprint density at radius 2 is 1.88 bits per heavy atom. The van der Waals surface area contributed by atoms with Crippen molar-refractivity contribution in [2.45, 2.75) is 19.8 Å². The SMILES string of the molecule is Cc1csc(N(C(=O)CCCOc2ccc(F)cc2)c2ccccc2)n1. The van der Waals surface area contributed by atoms with Gasteiger partial charge in [0.15, 0.2) is 5.13 Å². The lowest BCUT2D eigenvalue weighted by atomic mass is 10.2. The molecule has 2 aromatic carbocycles. The van der Waals surface area contributed by atoms with E-state index in [1.807, 2.05) is 42.6 Å². The van der Waals surface area contributed by atoms with Gasteiger partial charge in [0.2, 0.25) is 5.91 Å². The molecule has 0 aliphatic heterocycles. The van der Waals surface area contributed by atoms with E-state index in [1.54, 1.807) is 17.0 Å². The zero-order valence-corrected chi connectivity index (χ0v) is 15.2. The zero-order valence-electron chi connectivity index (χ0n) is 14.4. The smallest absolute Gasteiger partial charge is 0.233 e. The number of halogens is 1. The van der Waals surface area contributed by atoms with Crippen molar-refractivity contribution in [2.24, 2.45) is 0 Å². The molecular weight excluding hydrogens is 351 g/mol. The molecule has 1 aromatic heterocycles. The summed E-state index contributed by atoms with van der Waals surface area (Å²) in [6.07, 6.45) is 0.888. The van der Waals surface area contributed by atoms with E-state index >= 15 is 0 Å². The van der Waals surface area contributed by atoms with Gasteiger partial charge in [0.05, 0.1) is 18.0 Å². The Morgan fingerprint density at radius 1 is 1.15 bits per heavy atom. The maximum Gasteiger partial charge on any atom is 0.233 e. The zero-order chi connectivity index (χ0) is 18.4. The number of amides is 1. The van der Waals surface area contributed by atoms with Crippen LogP contribution in [0, 0.1) is 12.7 Å². The molecule has 0 saturated heterocycles. The number of ether oxygens (including phenoxy) is 1. The first-order valence-electron chi connectivity index (χ1n) is 8.32. The molecule has 1 heterocycles. The third-order valence-electron chi connectivity index (χ3n) is 3.68. The van der Waals surface area contributed by atoms with Gasteiger partial charge in [-0.25, -0.2) is 9.37 Å². The van der Waals surface area contributed by atoms with Crippen LogP contribution in [0.4, 0.5) is 15.2 Å². The maximum atomic E-state index is 12.9. The highest BCUT2D eigenvalue weighted by Gasteiger charge is 2.20. The summed E-state index contributed by atoms with van der Waals surface area (Å²) in [5.41, 5.74) is 1.68. The molecule has 0 unspecified atom stereocenters. The third-order valence-corrected chi connectivity index (χ3v) is 4.62. The quantitative estimate of drug-likeness (QED) is 0.543. The van der Waals surface area contributed by atoms with Gasteiger partial charge in [-0.2, -0.15) is 0 Å². The fourth-order valence-electron chi connectivity index (χ4n) is 2.44. The van der Waals surface area contributed by atoms with Crippen molar-refractivity contribution in [1.29, 1.82) is 0 Å². The number of aromatic nitrogens is 1. The number of hydrogen-bond donors (Lipinski definition) is 0. The molecule has 0 saturated carbocycles. The molecule has 0 fully saturated rings. The lowest BCUT2D eigenvalue weighted by Crippen LogP contribution is -2.26. The van der Waals surface area contributed by atoms with Crippen LogP contribution in [0.25, 0.3) is 0 Å². The van der Waals surface area contributed by atoms with Crippen LogP contribution in [0.3, 0.4) is 0 Å².